The van der Waals surface area contributed by atoms with Crippen LogP contribution in [0, 0.1) is 6.92 Å². The first kappa shape index (κ1) is 41.9. The number of aliphatic carboxylic acids is 1. The lowest BCUT2D eigenvalue weighted by Gasteiger charge is -2.45. The van der Waals surface area contributed by atoms with Crippen molar-refractivity contribution in [3.8, 4) is 34.1 Å². The number of hydrogen-bond donors (Lipinski definition) is 11. The molecule has 2 aliphatic carbocycles. The van der Waals surface area contributed by atoms with Gasteiger partial charge in [-0.3, -0.25) is 19.2 Å². The molecule has 7 rings (SSSR count). The van der Waals surface area contributed by atoms with E-state index in [1.165, 1.54) is 40.0 Å². The van der Waals surface area contributed by atoms with Crippen molar-refractivity contribution in [2.45, 2.75) is 94.3 Å². The lowest BCUT2D eigenvalue weighted by atomic mass is 9.74. The number of phenols is 3. The zero-order chi connectivity index (χ0) is 43.1. The number of phenolic OH excluding ortho intramolecular Hbond substituents is 3. The first-order chi connectivity index (χ1) is 27.8. The number of aliphatic hydroxyl groups is 6. The van der Waals surface area contributed by atoms with Gasteiger partial charge in [0.05, 0.1) is 36.5 Å². The second-order valence-corrected chi connectivity index (χ2v) is 14.8. The van der Waals surface area contributed by atoms with Gasteiger partial charge in [-0.2, -0.15) is 0 Å². The fourth-order valence-electron chi connectivity index (χ4n) is 7.88. The molecule has 20 nitrogen and oxygen atoms in total. The predicted octanol–water partition coefficient (Wildman–Crippen LogP) is -0.839. The third kappa shape index (κ3) is 6.76. The molecule has 12 atom stereocenters. The molecule has 0 radical (unpaired) electrons. The van der Waals surface area contributed by atoms with Crippen LogP contribution < -0.4 is 10.1 Å². The Morgan fingerprint density at radius 3 is 2.10 bits per heavy atom. The number of benzene rings is 3. The van der Waals surface area contributed by atoms with E-state index in [0.717, 1.165) is 12.1 Å². The van der Waals surface area contributed by atoms with E-state index < -0.39 is 154 Å². The van der Waals surface area contributed by atoms with Crippen LogP contribution in [0.15, 0.2) is 24.3 Å². The number of aromatic hydroxyl groups is 3. The van der Waals surface area contributed by atoms with Crippen LogP contribution in [0.25, 0.3) is 11.1 Å². The summed E-state index contributed by atoms with van der Waals surface area (Å²) in [4.78, 5) is 53.1. The van der Waals surface area contributed by atoms with Crippen molar-refractivity contribution in [3.05, 3.63) is 68.8 Å². The average Bonchev–Trinajstić information content (AvgIpc) is 3.18. The van der Waals surface area contributed by atoms with Crippen LogP contribution in [0.3, 0.4) is 0 Å². The monoisotopic (exact) mass is 827 g/mol. The minimum absolute atomic E-state index is 0.0000755. The zero-order valence-corrected chi connectivity index (χ0v) is 31.6. The molecule has 59 heavy (non-hydrogen) atoms. The Hall–Kier alpha value is -5.26. The number of amides is 1. The smallest absolute Gasteiger partial charge is 0.325 e. The van der Waals surface area contributed by atoms with Crippen LogP contribution in [0.5, 0.6) is 23.0 Å². The summed E-state index contributed by atoms with van der Waals surface area (Å²) in [6, 6.07) is 3.12. The molecule has 3 aromatic carbocycles. The Balaban J connectivity index is 1.36. The van der Waals surface area contributed by atoms with Gasteiger partial charge in [0, 0.05) is 28.3 Å². The molecule has 0 unspecified atom stereocenters. The van der Waals surface area contributed by atoms with Crippen LogP contribution in [0.1, 0.15) is 84.9 Å². The van der Waals surface area contributed by atoms with Gasteiger partial charge < -0.3 is 80.1 Å². The molecule has 1 amide bonds. The van der Waals surface area contributed by atoms with Crippen LogP contribution >= 0.6 is 0 Å². The number of ketones is 2. The molecular formula is C39H41NO19. The van der Waals surface area contributed by atoms with Gasteiger partial charge in [0.1, 0.15) is 77.9 Å². The molecule has 11 N–H and O–H groups in total. The van der Waals surface area contributed by atoms with Gasteiger partial charge >= 0.3 is 5.97 Å². The van der Waals surface area contributed by atoms with Crippen molar-refractivity contribution in [1.82, 2.24) is 5.32 Å². The highest BCUT2D eigenvalue weighted by Crippen LogP contribution is 2.57. The van der Waals surface area contributed by atoms with Crippen LogP contribution in [-0.2, 0) is 23.7 Å². The summed E-state index contributed by atoms with van der Waals surface area (Å²) in [5.41, 5.74) is -3.66. The summed E-state index contributed by atoms with van der Waals surface area (Å²) >= 11 is 0. The summed E-state index contributed by atoms with van der Waals surface area (Å²) in [5, 5.41) is 111. The topological polar surface area (TPSA) is 329 Å². The van der Waals surface area contributed by atoms with E-state index in [2.05, 4.69) is 5.32 Å². The van der Waals surface area contributed by atoms with Gasteiger partial charge in [0.15, 0.2) is 24.1 Å². The number of carboxylic acids is 1. The van der Waals surface area contributed by atoms with Crippen LogP contribution in [0.4, 0.5) is 0 Å². The Morgan fingerprint density at radius 2 is 1.44 bits per heavy atom. The third-order valence-electron chi connectivity index (χ3n) is 11.0. The Bertz CT molecular complexity index is 2260. The maximum atomic E-state index is 14.0. The largest absolute Gasteiger partial charge is 0.507 e. The number of aryl methyl sites for hydroxylation is 1. The Labute approximate surface area is 333 Å². The number of rotatable bonds is 8. The van der Waals surface area contributed by atoms with Gasteiger partial charge in [-0.25, -0.2) is 0 Å². The summed E-state index contributed by atoms with van der Waals surface area (Å²) in [6.45, 7) is 3.43. The molecule has 2 heterocycles. The van der Waals surface area contributed by atoms with E-state index in [-0.39, 0.29) is 28.0 Å². The van der Waals surface area contributed by atoms with Gasteiger partial charge in [0.2, 0.25) is 0 Å². The number of ether oxygens (including phenoxy) is 5. The molecule has 0 saturated carbocycles. The molecule has 4 aliphatic rings. The SMILES string of the molecule is COc1cc(O)c2c(c1)C(=O)c1c(cc3c(c1O)-c1c(cc(C)c(C(=O)N[C@@H](C)C(=O)O)c1O)[C@H](O[C@@H]1O[C@H](C)[C@H](O)[C@H](O[C@@H]4OC[C@@H](O)[C@H](O)[C@H]4O)[C@H]1O)[C@H]3O)C2=O. The molecule has 2 saturated heterocycles. The third-order valence-corrected chi connectivity index (χ3v) is 11.0. The molecule has 0 aromatic heterocycles. The first-order valence-electron chi connectivity index (χ1n) is 18.3. The van der Waals surface area contributed by atoms with Gasteiger partial charge in [-0.1, -0.05) is 6.07 Å². The number of nitrogens with one attached hydrogen (secondary N) is 1. The predicted molar refractivity (Wildman–Crippen MR) is 194 cm³/mol. The molecule has 20 heteroatoms. The maximum absolute atomic E-state index is 14.0. The van der Waals surface area contributed by atoms with Crippen molar-refractivity contribution < 1.29 is 93.9 Å². The van der Waals surface area contributed by atoms with Crippen molar-refractivity contribution >= 4 is 23.4 Å². The lowest BCUT2D eigenvalue weighted by Crippen LogP contribution is -2.62. The van der Waals surface area contributed by atoms with Crippen molar-refractivity contribution in [3.63, 3.8) is 0 Å². The Kier molecular flexibility index (Phi) is 10.9. The number of fused-ring (bicyclic) bond motifs is 5. The highest BCUT2D eigenvalue weighted by atomic mass is 16.7. The number of carbonyl (C=O) groups excluding carboxylic acids is 3. The molecule has 3 aromatic rings. The quantitative estimate of drug-likeness (QED) is 0.103. The lowest BCUT2D eigenvalue weighted by molar-refractivity contribution is -0.353. The molecule has 316 valence electrons. The van der Waals surface area contributed by atoms with E-state index >= 15 is 0 Å². The second kappa shape index (κ2) is 15.4. The molecule has 2 aliphatic heterocycles. The highest BCUT2D eigenvalue weighted by molar-refractivity contribution is 6.31. The minimum atomic E-state index is -1.96. The molecule has 0 bridgehead atoms. The van der Waals surface area contributed by atoms with Crippen LogP contribution in [0.2, 0.25) is 0 Å². The number of carboxylic acid groups (broad SMARTS) is 1. The first-order valence-corrected chi connectivity index (χ1v) is 18.3. The van der Waals surface area contributed by atoms with Crippen molar-refractivity contribution in [2.24, 2.45) is 0 Å². The fraction of sp³-hybridized carbons (Fsp3) is 0.436. The van der Waals surface area contributed by atoms with Crippen molar-refractivity contribution in [2.75, 3.05) is 13.7 Å². The summed E-state index contributed by atoms with van der Waals surface area (Å²) in [5.74, 6) is -6.80. The van der Waals surface area contributed by atoms with Crippen molar-refractivity contribution in [1.29, 1.82) is 0 Å². The summed E-state index contributed by atoms with van der Waals surface area (Å²) in [7, 11) is 1.25. The van der Waals surface area contributed by atoms with E-state index in [4.69, 9.17) is 23.7 Å². The minimum Gasteiger partial charge on any atom is -0.507 e. The number of hydrogen-bond acceptors (Lipinski definition) is 18. The highest BCUT2D eigenvalue weighted by Gasteiger charge is 2.51. The van der Waals surface area contributed by atoms with E-state index in [1.54, 1.807) is 0 Å². The van der Waals surface area contributed by atoms with E-state index in [0.29, 0.717) is 0 Å². The molecular weight excluding hydrogens is 786 g/mol. The number of carbonyl (C=O) groups is 4. The van der Waals surface area contributed by atoms with Gasteiger partial charge in [-0.15, -0.1) is 0 Å². The fourth-order valence-corrected chi connectivity index (χ4v) is 7.88. The standard InChI is InChI=1S/C39H41NO19/c1-10-5-17-23(30(48)20(10)36(52)40-11(2)37(53)54)22-15(8-16-24(31(22)49)27(45)14-6-13(55-4)7-18(41)21(14)26(16)44)28(46)34(17)58-39-33(51)35(25(43)12(3)57-39)59-38-32(50)29(47)19(42)9-56-38/h5-8,11-12,19,25,28-29,32-35,38-39,41-43,46-51H,9H2,1-4H3,(H,40,52)(H,53,54)/t11-,12+,19+,25-,28-,29-,32+,33+,34-,35-,38-,39-/m0/s1. The number of methoxy groups -OCH3 is 1. The van der Waals surface area contributed by atoms with E-state index in [9.17, 15) is 70.2 Å². The second-order valence-electron chi connectivity index (χ2n) is 14.8. The zero-order valence-electron chi connectivity index (χ0n) is 31.6. The summed E-state index contributed by atoms with van der Waals surface area (Å²) in [6.07, 6.45) is -18.6. The molecule has 0 spiro atoms. The van der Waals surface area contributed by atoms with Crippen LogP contribution in [-0.4, -0.2) is 150 Å². The number of aliphatic hydroxyl groups excluding tert-OH is 6. The normalized spacial score (nSPS) is 30.4. The van der Waals surface area contributed by atoms with Gasteiger partial charge in [-0.05, 0) is 49.6 Å². The van der Waals surface area contributed by atoms with Gasteiger partial charge in [0.25, 0.3) is 5.91 Å². The molecule has 2 fully saturated rings. The average molecular weight is 828 g/mol. The maximum Gasteiger partial charge on any atom is 0.325 e. The summed E-state index contributed by atoms with van der Waals surface area (Å²) < 4.78 is 28.1. The van der Waals surface area contributed by atoms with E-state index in [1.807, 2.05) is 0 Å². The Morgan fingerprint density at radius 1 is 0.797 bits per heavy atom.